The van der Waals surface area contributed by atoms with Gasteiger partial charge in [0.15, 0.2) is 0 Å². The standard InChI is InChI=1S/C14H18FN3O/c1-9(2)18-14(19)16-6-5-10-8-17-13-7-11(15)3-4-12(10)13/h3-4,7-9,17H,5-6H2,1-2H3,(H2,16,18,19). The highest BCUT2D eigenvalue weighted by atomic mass is 19.1. The number of hydrogen-bond donors (Lipinski definition) is 3. The summed E-state index contributed by atoms with van der Waals surface area (Å²) in [6, 6.07) is 4.62. The van der Waals surface area contributed by atoms with Crippen molar-refractivity contribution in [2.75, 3.05) is 6.54 Å². The predicted molar refractivity (Wildman–Crippen MR) is 73.6 cm³/mol. The van der Waals surface area contributed by atoms with Crippen LogP contribution >= 0.6 is 0 Å². The zero-order valence-electron chi connectivity index (χ0n) is 11.1. The number of carbonyl (C=O) groups excluding carboxylic acids is 1. The van der Waals surface area contributed by atoms with Crippen LogP contribution in [0.15, 0.2) is 24.4 Å². The Morgan fingerprint density at radius 3 is 2.95 bits per heavy atom. The smallest absolute Gasteiger partial charge is 0.314 e. The molecule has 0 aliphatic rings. The second kappa shape index (κ2) is 5.73. The van der Waals surface area contributed by atoms with Gasteiger partial charge in [-0.25, -0.2) is 9.18 Å². The number of fused-ring (bicyclic) bond motifs is 1. The number of aromatic nitrogens is 1. The molecule has 1 aromatic heterocycles. The molecule has 0 aliphatic heterocycles. The Hall–Kier alpha value is -2.04. The summed E-state index contributed by atoms with van der Waals surface area (Å²) in [6.45, 7) is 4.37. The molecule has 2 rings (SSSR count). The van der Waals surface area contributed by atoms with Crippen LogP contribution in [0, 0.1) is 5.82 Å². The van der Waals surface area contributed by atoms with Gasteiger partial charge in [-0.3, -0.25) is 0 Å². The van der Waals surface area contributed by atoms with Gasteiger partial charge in [0.25, 0.3) is 0 Å². The molecule has 0 fully saturated rings. The predicted octanol–water partition coefficient (Wildman–Crippen LogP) is 2.56. The molecule has 5 heteroatoms. The molecule has 0 aliphatic carbocycles. The fourth-order valence-corrected chi connectivity index (χ4v) is 1.99. The molecule has 2 amide bonds. The van der Waals surface area contributed by atoms with Crippen LogP contribution in [-0.2, 0) is 6.42 Å². The van der Waals surface area contributed by atoms with E-state index >= 15 is 0 Å². The van der Waals surface area contributed by atoms with Crippen molar-refractivity contribution in [2.24, 2.45) is 0 Å². The maximum Gasteiger partial charge on any atom is 0.314 e. The quantitative estimate of drug-likeness (QED) is 0.780. The minimum Gasteiger partial charge on any atom is -0.361 e. The lowest BCUT2D eigenvalue weighted by molar-refractivity contribution is 0.238. The lowest BCUT2D eigenvalue weighted by atomic mass is 10.1. The molecule has 0 bridgehead atoms. The number of H-pyrrole nitrogens is 1. The van der Waals surface area contributed by atoms with Crippen molar-refractivity contribution in [3.05, 3.63) is 35.8 Å². The maximum atomic E-state index is 13.0. The number of urea groups is 1. The lowest BCUT2D eigenvalue weighted by Crippen LogP contribution is -2.40. The van der Waals surface area contributed by atoms with Crippen molar-refractivity contribution >= 4 is 16.9 Å². The molecule has 102 valence electrons. The fourth-order valence-electron chi connectivity index (χ4n) is 1.99. The number of benzene rings is 1. The van der Waals surface area contributed by atoms with Gasteiger partial charge in [-0.05, 0) is 44.0 Å². The Balaban J connectivity index is 1.93. The van der Waals surface area contributed by atoms with E-state index in [4.69, 9.17) is 0 Å². The lowest BCUT2D eigenvalue weighted by Gasteiger charge is -2.09. The average Bonchev–Trinajstić information content (AvgIpc) is 2.70. The van der Waals surface area contributed by atoms with Gasteiger partial charge in [0.05, 0.1) is 0 Å². The van der Waals surface area contributed by atoms with Gasteiger partial charge in [-0.1, -0.05) is 0 Å². The number of hydrogen-bond acceptors (Lipinski definition) is 1. The molecule has 19 heavy (non-hydrogen) atoms. The Morgan fingerprint density at radius 1 is 1.42 bits per heavy atom. The maximum absolute atomic E-state index is 13.0. The molecule has 0 saturated carbocycles. The second-order valence-electron chi connectivity index (χ2n) is 4.81. The van der Waals surface area contributed by atoms with Crippen LogP contribution in [0.3, 0.4) is 0 Å². The normalized spacial score (nSPS) is 10.9. The van der Waals surface area contributed by atoms with Crippen molar-refractivity contribution in [1.29, 1.82) is 0 Å². The van der Waals surface area contributed by atoms with E-state index in [0.717, 1.165) is 16.5 Å². The summed E-state index contributed by atoms with van der Waals surface area (Å²) in [4.78, 5) is 14.4. The summed E-state index contributed by atoms with van der Waals surface area (Å²) < 4.78 is 13.0. The van der Waals surface area contributed by atoms with E-state index in [9.17, 15) is 9.18 Å². The van der Waals surface area contributed by atoms with Crippen molar-refractivity contribution in [2.45, 2.75) is 26.3 Å². The number of rotatable bonds is 4. The highest BCUT2D eigenvalue weighted by Crippen LogP contribution is 2.19. The summed E-state index contributed by atoms with van der Waals surface area (Å²) in [6.07, 6.45) is 2.56. The van der Waals surface area contributed by atoms with Gasteiger partial charge >= 0.3 is 6.03 Å². The number of aromatic amines is 1. The largest absolute Gasteiger partial charge is 0.361 e. The molecule has 0 spiro atoms. The molecular formula is C14H18FN3O. The summed E-state index contributed by atoms with van der Waals surface area (Å²) in [5.41, 5.74) is 1.85. The van der Waals surface area contributed by atoms with E-state index in [-0.39, 0.29) is 17.9 Å². The van der Waals surface area contributed by atoms with Crippen LogP contribution in [0.5, 0.6) is 0 Å². The Bertz CT molecular complexity index is 577. The first-order valence-electron chi connectivity index (χ1n) is 6.36. The van der Waals surface area contributed by atoms with E-state index in [0.29, 0.717) is 13.0 Å². The molecule has 4 nitrogen and oxygen atoms in total. The minimum atomic E-state index is -0.254. The first-order chi connectivity index (χ1) is 9.06. The van der Waals surface area contributed by atoms with Crippen LogP contribution in [-0.4, -0.2) is 23.6 Å². The number of halogens is 1. The summed E-state index contributed by atoms with van der Waals surface area (Å²) >= 11 is 0. The third kappa shape index (κ3) is 3.47. The Labute approximate surface area is 111 Å². The van der Waals surface area contributed by atoms with E-state index in [1.54, 1.807) is 6.07 Å². The van der Waals surface area contributed by atoms with E-state index in [2.05, 4.69) is 15.6 Å². The third-order valence-corrected chi connectivity index (χ3v) is 2.83. The Kier molecular flexibility index (Phi) is 4.04. The van der Waals surface area contributed by atoms with Crippen LogP contribution in [0.25, 0.3) is 10.9 Å². The first-order valence-corrected chi connectivity index (χ1v) is 6.36. The van der Waals surface area contributed by atoms with Gasteiger partial charge in [-0.2, -0.15) is 0 Å². The van der Waals surface area contributed by atoms with E-state index in [1.807, 2.05) is 20.0 Å². The van der Waals surface area contributed by atoms with Crippen molar-refractivity contribution < 1.29 is 9.18 Å². The average molecular weight is 263 g/mol. The zero-order valence-corrected chi connectivity index (χ0v) is 11.1. The van der Waals surface area contributed by atoms with E-state index < -0.39 is 0 Å². The number of nitrogens with one attached hydrogen (secondary N) is 3. The fraction of sp³-hybridized carbons (Fsp3) is 0.357. The summed E-state index contributed by atoms with van der Waals surface area (Å²) in [7, 11) is 0. The molecule has 0 unspecified atom stereocenters. The SMILES string of the molecule is CC(C)NC(=O)NCCc1c[nH]c2cc(F)ccc12. The summed E-state index contributed by atoms with van der Waals surface area (Å²) in [5.74, 6) is -0.254. The van der Waals surface area contributed by atoms with Crippen molar-refractivity contribution in [3.8, 4) is 0 Å². The molecule has 1 aromatic carbocycles. The zero-order chi connectivity index (χ0) is 13.8. The minimum absolute atomic E-state index is 0.121. The molecular weight excluding hydrogens is 245 g/mol. The molecule has 0 saturated heterocycles. The number of amides is 2. The third-order valence-electron chi connectivity index (χ3n) is 2.83. The van der Waals surface area contributed by atoms with Gasteiger partial charge in [0.1, 0.15) is 5.82 Å². The topological polar surface area (TPSA) is 56.9 Å². The van der Waals surface area contributed by atoms with Crippen LogP contribution in [0.4, 0.5) is 9.18 Å². The van der Waals surface area contributed by atoms with Gasteiger partial charge < -0.3 is 15.6 Å². The van der Waals surface area contributed by atoms with Crippen molar-refractivity contribution in [3.63, 3.8) is 0 Å². The first kappa shape index (κ1) is 13.4. The summed E-state index contributed by atoms with van der Waals surface area (Å²) in [5, 5.41) is 6.54. The highest BCUT2D eigenvalue weighted by molar-refractivity contribution is 5.83. The van der Waals surface area contributed by atoms with Gasteiger partial charge in [0.2, 0.25) is 0 Å². The molecule has 2 aromatic rings. The van der Waals surface area contributed by atoms with Gasteiger partial charge in [0, 0.05) is 29.7 Å². The molecule has 0 atom stereocenters. The van der Waals surface area contributed by atoms with E-state index in [1.165, 1.54) is 12.1 Å². The monoisotopic (exact) mass is 263 g/mol. The molecule has 1 heterocycles. The van der Waals surface area contributed by atoms with Crippen molar-refractivity contribution in [1.82, 2.24) is 15.6 Å². The number of carbonyl (C=O) groups is 1. The van der Waals surface area contributed by atoms with Gasteiger partial charge in [-0.15, -0.1) is 0 Å². The molecule has 3 N–H and O–H groups in total. The Morgan fingerprint density at radius 2 is 2.21 bits per heavy atom. The van der Waals surface area contributed by atoms with Crippen LogP contribution < -0.4 is 10.6 Å². The van der Waals surface area contributed by atoms with Crippen LogP contribution in [0.1, 0.15) is 19.4 Å². The second-order valence-corrected chi connectivity index (χ2v) is 4.81. The van der Waals surface area contributed by atoms with Crippen LogP contribution in [0.2, 0.25) is 0 Å². The highest BCUT2D eigenvalue weighted by Gasteiger charge is 2.06. The molecule has 0 radical (unpaired) electrons.